The minimum absolute atomic E-state index is 0.136. The van der Waals surface area contributed by atoms with Gasteiger partial charge in [-0.05, 0) is 102 Å². The first-order valence-corrected chi connectivity index (χ1v) is 19.7. The zero-order valence-corrected chi connectivity index (χ0v) is 32.1. The van der Waals surface area contributed by atoms with Gasteiger partial charge in [0.05, 0.1) is 28.9 Å². The normalized spacial score (nSPS) is 15.5. The molecule has 1 aliphatic carbocycles. The van der Waals surface area contributed by atoms with Gasteiger partial charge in [0, 0.05) is 16.9 Å². The van der Waals surface area contributed by atoms with Crippen LogP contribution in [0.4, 0.5) is 17.1 Å². The molecule has 0 saturated heterocycles. The molecule has 60 heavy (non-hydrogen) atoms. The highest BCUT2D eigenvalue weighted by Gasteiger charge is 2.47. The second-order valence-electron chi connectivity index (χ2n) is 14.6. The number of benzene rings is 10. The van der Waals surface area contributed by atoms with Gasteiger partial charge in [0.2, 0.25) is 0 Å². The molecular weight excluding hydrogens is 723 g/mol. The summed E-state index contributed by atoms with van der Waals surface area (Å²) in [6.45, 7) is 0. The van der Waals surface area contributed by atoms with Crippen molar-refractivity contribution in [1.82, 2.24) is 0 Å². The highest BCUT2D eigenvalue weighted by atomic mass is 15.1. The van der Waals surface area contributed by atoms with Crippen LogP contribution in [0.2, 0.25) is 0 Å². The first kappa shape index (κ1) is 24.2. The van der Waals surface area contributed by atoms with Crippen molar-refractivity contribution < 1.29 is 17.8 Å². The van der Waals surface area contributed by atoms with Gasteiger partial charge < -0.3 is 4.90 Å². The fourth-order valence-corrected chi connectivity index (χ4v) is 8.82. The molecule has 0 saturated carbocycles. The molecule has 0 unspecified atom stereocenters. The van der Waals surface area contributed by atoms with E-state index in [0.717, 1.165) is 55.3 Å². The zero-order valence-electron chi connectivity index (χ0n) is 45.1. The lowest BCUT2D eigenvalue weighted by Gasteiger charge is -2.34. The van der Waals surface area contributed by atoms with Gasteiger partial charge in [0.15, 0.2) is 0 Å². The lowest BCUT2D eigenvalue weighted by Crippen LogP contribution is -2.28. The summed E-state index contributed by atoms with van der Waals surface area (Å²) in [4.78, 5) is 1.75. The topological polar surface area (TPSA) is 3.24 Å². The maximum absolute atomic E-state index is 9.96. The van der Waals surface area contributed by atoms with Crippen molar-refractivity contribution in [1.29, 1.82) is 0 Å². The summed E-state index contributed by atoms with van der Waals surface area (Å²) < 4.78 is 118. The van der Waals surface area contributed by atoms with Crippen molar-refractivity contribution in [3.63, 3.8) is 0 Å². The molecule has 1 nitrogen and oxygen atoms in total. The molecule has 10 aromatic carbocycles. The number of anilines is 3. The summed E-state index contributed by atoms with van der Waals surface area (Å²) in [5.74, 6) is 0. The summed E-state index contributed by atoms with van der Waals surface area (Å²) in [7, 11) is 0. The Hall–Kier alpha value is -7.74. The molecule has 11 rings (SSSR count). The predicted molar refractivity (Wildman–Crippen MR) is 252 cm³/mol. The van der Waals surface area contributed by atoms with Crippen molar-refractivity contribution in [2.24, 2.45) is 0 Å². The largest absolute Gasteiger partial charge is 0.310 e. The number of hydrogen-bond donors (Lipinski definition) is 0. The van der Waals surface area contributed by atoms with Crippen molar-refractivity contribution >= 4 is 27.8 Å². The molecule has 0 spiro atoms. The summed E-state index contributed by atoms with van der Waals surface area (Å²) in [5, 5.41) is 2.04. The van der Waals surface area contributed by atoms with E-state index in [0.29, 0.717) is 11.4 Å². The Bertz CT molecular complexity index is 3780. The monoisotopic (exact) mass is 776 g/mol. The van der Waals surface area contributed by atoms with Crippen molar-refractivity contribution in [3.8, 4) is 44.5 Å². The van der Waals surface area contributed by atoms with Crippen molar-refractivity contribution in [2.45, 2.75) is 5.41 Å². The molecule has 0 aliphatic heterocycles. The highest BCUT2D eigenvalue weighted by molar-refractivity contribution is 6.00. The lowest BCUT2D eigenvalue weighted by molar-refractivity contribution is 0.768. The number of fused-ring (bicyclic) bond motifs is 4. The van der Waals surface area contributed by atoms with E-state index in [1.54, 1.807) is 4.90 Å². The smallest absolute Gasteiger partial charge is 0.0714 e. The van der Waals surface area contributed by atoms with E-state index in [4.69, 9.17) is 9.60 Å². The van der Waals surface area contributed by atoms with Crippen LogP contribution in [0.3, 0.4) is 0 Å². The van der Waals surface area contributed by atoms with Crippen LogP contribution in [-0.4, -0.2) is 0 Å². The molecule has 1 aliphatic rings. The number of hydrogen-bond acceptors (Lipinski definition) is 1. The Morgan fingerprint density at radius 1 is 0.367 bits per heavy atom. The van der Waals surface area contributed by atoms with Crippen molar-refractivity contribution in [2.75, 3.05) is 4.90 Å². The quantitative estimate of drug-likeness (QED) is 0.149. The molecule has 0 N–H and O–H groups in total. The van der Waals surface area contributed by atoms with E-state index >= 15 is 0 Å². The van der Waals surface area contributed by atoms with Crippen LogP contribution in [0.1, 0.15) is 40.1 Å². The van der Waals surface area contributed by atoms with Gasteiger partial charge in [-0.1, -0.05) is 218 Å². The predicted octanol–water partition coefficient (Wildman–Crippen LogP) is 15.7. The van der Waals surface area contributed by atoms with E-state index in [9.17, 15) is 8.22 Å². The van der Waals surface area contributed by atoms with Gasteiger partial charge in [-0.15, -0.1) is 0 Å². The summed E-state index contributed by atoms with van der Waals surface area (Å²) in [5.41, 5.74) is 5.36. The average molecular weight is 777 g/mol. The zero-order chi connectivity index (χ0) is 51.2. The second kappa shape index (κ2) is 14.9. The average Bonchev–Trinajstić information content (AvgIpc) is 3.74. The summed E-state index contributed by atoms with van der Waals surface area (Å²) >= 11 is 0. The number of rotatable bonds is 8. The molecule has 1 heteroatoms. The van der Waals surface area contributed by atoms with E-state index in [2.05, 4.69) is 42.5 Å². The van der Waals surface area contributed by atoms with Crippen LogP contribution in [0.5, 0.6) is 0 Å². The standard InChI is InChI=1S/C59H41N/c1-4-17-42(18-5-1)43-33-35-44(36-34-43)45-37-39-50(40-38-45)60(51-26-14-21-47(41-51)53-29-15-20-46-19-10-11-27-52(46)53)57-32-16-31-56-58(57)54-28-12-13-30-55(54)59(56,48-22-6-2-7-23-48)49-24-8-3-9-25-49/h1-41H/i1D,4D,5D,17D,18D,33D,34D,35D,36D,37D,38D,39D,40D. The van der Waals surface area contributed by atoms with Gasteiger partial charge >= 0.3 is 0 Å². The van der Waals surface area contributed by atoms with Gasteiger partial charge in [0.1, 0.15) is 0 Å². The van der Waals surface area contributed by atoms with E-state index in [-0.39, 0.29) is 5.69 Å². The molecule has 0 radical (unpaired) electrons. The van der Waals surface area contributed by atoms with Crippen LogP contribution < -0.4 is 4.90 Å². The van der Waals surface area contributed by atoms with Crippen LogP contribution in [0.25, 0.3) is 55.3 Å². The Kier molecular flexibility index (Phi) is 6.02. The maximum atomic E-state index is 9.96. The van der Waals surface area contributed by atoms with E-state index in [1.807, 2.05) is 127 Å². The van der Waals surface area contributed by atoms with Crippen LogP contribution in [0.15, 0.2) is 248 Å². The molecule has 0 heterocycles. The highest BCUT2D eigenvalue weighted by Crippen LogP contribution is 2.59. The second-order valence-corrected chi connectivity index (χ2v) is 14.6. The molecular formula is C59H41N. The van der Waals surface area contributed by atoms with Gasteiger partial charge in [-0.3, -0.25) is 0 Å². The fraction of sp³-hybridized carbons (Fsp3) is 0.0169. The maximum Gasteiger partial charge on any atom is 0.0714 e. The molecule has 0 bridgehead atoms. The first-order chi connectivity index (χ1) is 35.2. The Balaban J connectivity index is 1.20. The van der Waals surface area contributed by atoms with Crippen LogP contribution in [0, 0.1) is 0 Å². The first-order valence-electron chi connectivity index (χ1n) is 26.2. The van der Waals surface area contributed by atoms with Gasteiger partial charge in [0.25, 0.3) is 0 Å². The fourth-order valence-electron chi connectivity index (χ4n) is 8.82. The third kappa shape index (κ3) is 5.86. The molecule has 0 amide bonds. The SMILES string of the molecule is [2H]c1c([2H])c([2H])c(-c2c([2H])c([2H])c(-c3c([2H])c([2H])c(N(c4cccc(-c5cccc6ccccc56)c4)c4cccc5c4-c4ccccc4C5(c4ccccc4)c4ccccc4)c([2H])c3[2H])c([2H])c2[2H])c([2H])c1[2H]. The molecule has 0 aromatic heterocycles. The minimum Gasteiger partial charge on any atom is -0.310 e. The number of nitrogens with zero attached hydrogens (tertiary/aromatic N) is 1. The van der Waals surface area contributed by atoms with Gasteiger partial charge in [-0.2, -0.15) is 0 Å². The van der Waals surface area contributed by atoms with Gasteiger partial charge in [-0.25, -0.2) is 0 Å². The third-order valence-electron chi connectivity index (χ3n) is 11.4. The molecule has 0 fully saturated rings. The molecule has 282 valence electrons. The Morgan fingerprint density at radius 2 is 0.900 bits per heavy atom. The van der Waals surface area contributed by atoms with E-state index in [1.165, 1.54) is 0 Å². The Labute approximate surface area is 370 Å². The summed E-state index contributed by atoms with van der Waals surface area (Å²) in [6.07, 6.45) is 0. The van der Waals surface area contributed by atoms with Crippen molar-refractivity contribution in [3.05, 3.63) is 271 Å². The lowest BCUT2D eigenvalue weighted by atomic mass is 9.68. The third-order valence-corrected chi connectivity index (χ3v) is 11.4. The minimum atomic E-state index is -0.835. The molecule has 0 atom stereocenters. The summed E-state index contributed by atoms with van der Waals surface area (Å²) in [6, 6.07) is 47.4. The van der Waals surface area contributed by atoms with E-state index < -0.39 is 106 Å². The Morgan fingerprint density at radius 3 is 1.62 bits per heavy atom. The van der Waals surface area contributed by atoms with Crippen LogP contribution in [-0.2, 0) is 5.41 Å². The van der Waals surface area contributed by atoms with Crippen LogP contribution >= 0.6 is 0 Å². The molecule has 10 aromatic rings.